The summed E-state index contributed by atoms with van der Waals surface area (Å²) in [6.07, 6.45) is 12.5. The molecule has 15 heteroatoms. The number of hydrogen-bond donors (Lipinski definition) is 3. The third kappa shape index (κ3) is 9.84. The molecular formula is C47H62FN7O6S. The van der Waals surface area contributed by atoms with Gasteiger partial charge in [-0.3, -0.25) is 19.8 Å². The predicted octanol–water partition coefficient (Wildman–Crippen LogP) is 9.36. The molecule has 13 nitrogen and oxygen atoms in total. The lowest BCUT2D eigenvalue weighted by atomic mass is 9.33. The largest absolute Gasteiger partial charge is 0.455 e. The van der Waals surface area contributed by atoms with Crippen LogP contribution >= 0.6 is 0 Å². The number of aromatic nitrogens is 2. The van der Waals surface area contributed by atoms with Crippen molar-refractivity contribution in [3.63, 3.8) is 0 Å². The van der Waals surface area contributed by atoms with Gasteiger partial charge in [-0.05, 0) is 131 Å². The van der Waals surface area contributed by atoms with E-state index in [-0.39, 0.29) is 41.2 Å². The number of rotatable bonds is 14. The van der Waals surface area contributed by atoms with Crippen molar-refractivity contribution in [2.24, 2.45) is 16.2 Å². The number of carbonyl (C=O) groups excluding carboxylic acids is 1. The SMILES string of the molecule is CCN(CC)CC1=C(C23CC(C)(C2)C3)CC(C)(C)CC1.CN1CCC(F)(CCc2ccc(S(=O)(=O)NC(=O)c3ccc(N)cc3Oc3cnc4[nH]ccc4c3)cc2[N+](=O)[O-])CC1. The molecule has 4 aliphatic carbocycles. The fraction of sp³-hybridized carbons (Fsp3) is 0.532. The number of nitrogens with zero attached hydrogens (tertiary/aromatic N) is 4. The second-order valence-corrected chi connectivity index (χ2v) is 21.1. The Hall–Kier alpha value is -4.86. The van der Waals surface area contributed by atoms with Crippen molar-refractivity contribution in [1.29, 1.82) is 0 Å². The number of carbonyl (C=O) groups is 1. The molecule has 2 bridgehead atoms. The third-order valence-corrected chi connectivity index (χ3v) is 15.1. The van der Waals surface area contributed by atoms with Crippen molar-refractivity contribution < 1.29 is 27.3 Å². The molecule has 5 aliphatic rings. The highest BCUT2D eigenvalue weighted by Gasteiger charge is 2.66. The zero-order valence-corrected chi connectivity index (χ0v) is 37.8. The number of sulfonamides is 1. The lowest BCUT2D eigenvalue weighted by molar-refractivity contribution is -0.385. The Bertz CT molecular complexity index is 2450. The molecule has 3 saturated carbocycles. The van der Waals surface area contributed by atoms with Gasteiger partial charge in [-0.1, -0.05) is 51.8 Å². The van der Waals surface area contributed by atoms with E-state index >= 15 is 4.39 Å². The molecule has 62 heavy (non-hydrogen) atoms. The first-order valence-corrected chi connectivity index (χ1v) is 23.4. The molecular weight excluding hydrogens is 810 g/mol. The fourth-order valence-corrected chi connectivity index (χ4v) is 11.3. The van der Waals surface area contributed by atoms with Crippen molar-refractivity contribution in [1.82, 2.24) is 24.5 Å². The summed E-state index contributed by atoms with van der Waals surface area (Å²) in [6.45, 7) is 16.9. The van der Waals surface area contributed by atoms with E-state index in [1.165, 1.54) is 88.6 Å². The second kappa shape index (κ2) is 17.4. The van der Waals surface area contributed by atoms with Gasteiger partial charge in [0.2, 0.25) is 0 Å². The van der Waals surface area contributed by atoms with Crippen LogP contribution in [0.2, 0.25) is 0 Å². The topological polar surface area (TPSA) is 177 Å². The van der Waals surface area contributed by atoms with Crippen molar-refractivity contribution in [2.45, 2.75) is 109 Å². The van der Waals surface area contributed by atoms with E-state index in [0.29, 0.717) is 42.4 Å². The standard InChI is InChI=1S/C28H29FN6O6S.C19H33N/c1-34-12-9-28(29,10-13-34)8-6-18-2-4-22(16-24(18)35(37)38)42(39,40)33-27(36)23-5-3-20(30)15-25(23)41-21-14-19-7-11-31-26(19)32-17-21;1-6-20(7-2)11-15-8-9-17(3,4)10-16(15)19-12-18(5,13-19)14-19/h2-5,7,11,14-17H,6,8-10,12-13,30H2,1H3,(H,31,32)(H,33,36);6-14H2,1-5H3. The van der Waals surface area contributed by atoms with Crippen LogP contribution in [0, 0.1) is 26.4 Å². The van der Waals surface area contributed by atoms with E-state index in [9.17, 15) is 23.3 Å². The van der Waals surface area contributed by atoms with Gasteiger partial charge in [0, 0.05) is 54.6 Å². The van der Waals surface area contributed by atoms with Gasteiger partial charge < -0.3 is 20.4 Å². The molecule has 1 aliphatic heterocycles. The molecule has 2 aromatic heterocycles. The fourth-order valence-electron chi connectivity index (χ4n) is 10.3. The van der Waals surface area contributed by atoms with Crippen molar-refractivity contribution in [3.8, 4) is 11.5 Å². The van der Waals surface area contributed by atoms with E-state index in [1.807, 2.05) is 27.8 Å². The average molecular weight is 872 g/mol. The molecule has 0 spiro atoms. The quantitative estimate of drug-likeness (QED) is 0.0479. The molecule has 0 radical (unpaired) electrons. The molecule has 334 valence electrons. The minimum absolute atomic E-state index is 0.0187. The summed E-state index contributed by atoms with van der Waals surface area (Å²) in [5.41, 5.74) is 10.6. The first-order chi connectivity index (χ1) is 29.2. The predicted molar refractivity (Wildman–Crippen MR) is 240 cm³/mol. The molecule has 1 saturated heterocycles. The highest BCUT2D eigenvalue weighted by Crippen LogP contribution is 2.77. The minimum Gasteiger partial charge on any atom is -0.455 e. The van der Waals surface area contributed by atoms with Gasteiger partial charge in [-0.25, -0.2) is 22.5 Å². The number of aromatic amines is 1. The van der Waals surface area contributed by atoms with Crippen LogP contribution in [0.5, 0.6) is 11.5 Å². The van der Waals surface area contributed by atoms with Gasteiger partial charge in [0.25, 0.3) is 21.6 Å². The van der Waals surface area contributed by atoms with E-state index in [1.54, 1.807) is 18.3 Å². The normalized spacial score (nSPS) is 22.9. The van der Waals surface area contributed by atoms with Crippen LogP contribution in [-0.2, 0) is 16.4 Å². The Balaban J connectivity index is 0.000000240. The van der Waals surface area contributed by atoms with Crippen molar-refractivity contribution in [2.75, 3.05) is 45.5 Å². The smallest absolute Gasteiger partial charge is 0.273 e. The number of aryl methyl sites for hydroxylation is 1. The van der Waals surface area contributed by atoms with Crippen LogP contribution in [-0.4, -0.2) is 84.5 Å². The number of alkyl halides is 1. The summed E-state index contributed by atoms with van der Waals surface area (Å²) in [4.78, 5) is 35.6. The summed E-state index contributed by atoms with van der Waals surface area (Å²) in [6, 6.07) is 10.9. The number of allylic oxidation sites excluding steroid dienone is 1. The summed E-state index contributed by atoms with van der Waals surface area (Å²) in [5.74, 6) is -0.769. The van der Waals surface area contributed by atoms with Crippen LogP contribution in [0.4, 0.5) is 15.8 Å². The molecule has 0 unspecified atom stereocenters. The number of hydrogen-bond acceptors (Lipinski definition) is 10. The maximum absolute atomic E-state index is 15.2. The van der Waals surface area contributed by atoms with Crippen LogP contribution in [0.15, 0.2) is 77.0 Å². The van der Waals surface area contributed by atoms with Gasteiger partial charge in [0.05, 0.1) is 21.6 Å². The van der Waals surface area contributed by atoms with Gasteiger partial charge in [-0.2, -0.15) is 0 Å². The van der Waals surface area contributed by atoms with E-state index in [2.05, 4.69) is 49.5 Å². The first kappa shape index (κ1) is 45.2. The zero-order chi connectivity index (χ0) is 44.7. The van der Waals surface area contributed by atoms with Crippen LogP contribution in [0.3, 0.4) is 0 Å². The van der Waals surface area contributed by atoms with Crippen LogP contribution in [0.25, 0.3) is 11.0 Å². The van der Waals surface area contributed by atoms with Crippen LogP contribution in [0.1, 0.15) is 108 Å². The molecule has 0 atom stereocenters. The number of nitro groups is 1. The Labute approximate surface area is 364 Å². The van der Waals surface area contributed by atoms with E-state index in [4.69, 9.17) is 10.5 Å². The number of nitrogen functional groups attached to an aromatic ring is 1. The second-order valence-electron chi connectivity index (χ2n) is 19.4. The number of likely N-dealkylation sites (tertiary alicyclic amines) is 1. The van der Waals surface area contributed by atoms with Crippen LogP contribution < -0.4 is 15.2 Å². The molecule has 3 heterocycles. The number of fused-ring (bicyclic) bond motifs is 1. The Morgan fingerprint density at radius 2 is 1.76 bits per heavy atom. The summed E-state index contributed by atoms with van der Waals surface area (Å²) < 4.78 is 49.3. The number of benzene rings is 2. The van der Waals surface area contributed by atoms with Gasteiger partial charge in [-0.15, -0.1) is 0 Å². The highest BCUT2D eigenvalue weighted by molar-refractivity contribution is 7.90. The lowest BCUT2D eigenvalue weighted by Crippen LogP contribution is -2.61. The number of nitrogens with one attached hydrogen (secondary N) is 2. The molecule has 1 amide bonds. The number of halogens is 1. The summed E-state index contributed by atoms with van der Waals surface area (Å²) in [7, 11) is -2.63. The summed E-state index contributed by atoms with van der Waals surface area (Å²) >= 11 is 0. The lowest BCUT2D eigenvalue weighted by Gasteiger charge is -2.72. The number of amides is 1. The Kier molecular flexibility index (Phi) is 12.7. The highest BCUT2D eigenvalue weighted by atomic mass is 32.2. The molecule has 9 rings (SSSR count). The number of nitro benzene ring substituents is 1. The molecule has 2 aromatic carbocycles. The summed E-state index contributed by atoms with van der Waals surface area (Å²) in [5, 5.41) is 12.6. The van der Waals surface area contributed by atoms with E-state index < -0.39 is 37.1 Å². The monoisotopic (exact) mass is 871 g/mol. The van der Waals surface area contributed by atoms with E-state index in [0.717, 1.165) is 22.9 Å². The zero-order valence-electron chi connectivity index (χ0n) is 37.0. The molecule has 4 fully saturated rings. The first-order valence-electron chi connectivity index (χ1n) is 21.9. The van der Waals surface area contributed by atoms with Crippen molar-refractivity contribution in [3.05, 3.63) is 93.3 Å². The maximum atomic E-state index is 15.2. The van der Waals surface area contributed by atoms with Gasteiger partial charge in [0.1, 0.15) is 22.8 Å². The van der Waals surface area contributed by atoms with Gasteiger partial charge in [0.15, 0.2) is 0 Å². The third-order valence-electron chi connectivity index (χ3n) is 13.8. The Morgan fingerprint density at radius 1 is 1.05 bits per heavy atom. The minimum atomic E-state index is -4.54. The number of ether oxygens (including phenoxy) is 1. The number of pyridine rings is 1. The number of anilines is 1. The van der Waals surface area contributed by atoms with Gasteiger partial charge >= 0.3 is 0 Å². The van der Waals surface area contributed by atoms with Crippen molar-refractivity contribution >= 4 is 38.3 Å². The average Bonchev–Trinajstić information content (AvgIpc) is 3.67. The number of piperidine rings is 1. The molecule has 4 N–H and O–H groups in total. The molecule has 4 aromatic rings. The Morgan fingerprint density at radius 3 is 2.42 bits per heavy atom. The number of likely N-dealkylation sites (N-methyl/N-ethyl adjacent to an activating group) is 1. The number of nitrogens with two attached hydrogens (primary N) is 1. The number of H-pyrrole nitrogens is 1. The maximum Gasteiger partial charge on any atom is 0.273 e.